The van der Waals surface area contributed by atoms with Gasteiger partial charge in [0.1, 0.15) is 24.7 Å². The van der Waals surface area contributed by atoms with Crippen molar-refractivity contribution in [1.29, 1.82) is 0 Å². The summed E-state index contributed by atoms with van der Waals surface area (Å²) >= 11 is 0.954. The number of hydrogen-bond acceptors (Lipinski definition) is 5. The molecule has 1 aliphatic heterocycles. The van der Waals surface area contributed by atoms with Crippen LogP contribution in [0, 0.1) is 0 Å². The van der Waals surface area contributed by atoms with Gasteiger partial charge in [-0.2, -0.15) is 0 Å². The molecule has 1 fully saturated rings. The molecule has 0 spiro atoms. The first-order chi connectivity index (χ1) is 17.2. The maximum absolute atomic E-state index is 13.1. The fourth-order valence-corrected chi connectivity index (χ4v) is 4.77. The van der Waals surface area contributed by atoms with Crippen molar-refractivity contribution in [3.05, 3.63) is 113 Å². The minimum Gasteiger partial charge on any atom is -0.490 e. The number of carbonyl (C=O) groups is 2. The third kappa shape index (κ3) is 5.23. The van der Waals surface area contributed by atoms with Crippen molar-refractivity contribution in [2.45, 2.75) is 6.54 Å². The predicted molar refractivity (Wildman–Crippen MR) is 139 cm³/mol. The van der Waals surface area contributed by atoms with E-state index in [2.05, 4.69) is 0 Å². The molecule has 0 aromatic heterocycles. The third-order valence-electron chi connectivity index (χ3n) is 5.64. The van der Waals surface area contributed by atoms with Crippen LogP contribution in [0.2, 0.25) is 0 Å². The number of para-hydroxylation sites is 2. The Morgan fingerprint density at radius 2 is 1.46 bits per heavy atom. The largest absolute Gasteiger partial charge is 0.490 e. The molecular formula is C29H23NO4S. The quantitative estimate of drug-likeness (QED) is 0.211. The van der Waals surface area contributed by atoms with Gasteiger partial charge in [0.2, 0.25) is 0 Å². The minimum atomic E-state index is -0.296. The van der Waals surface area contributed by atoms with Gasteiger partial charge in [0, 0.05) is 5.56 Å². The van der Waals surface area contributed by atoms with Crippen molar-refractivity contribution in [3.63, 3.8) is 0 Å². The Labute approximate surface area is 208 Å². The maximum atomic E-state index is 13.1. The Bertz CT molecular complexity index is 1390. The average molecular weight is 482 g/mol. The molecule has 5 nitrogen and oxygen atoms in total. The van der Waals surface area contributed by atoms with Crippen molar-refractivity contribution < 1.29 is 19.1 Å². The molecule has 0 N–H and O–H groups in total. The summed E-state index contributed by atoms with van der Waals surface area (Å²) in [6.45, 7) is 0.973. The summed E-state index contributed by atoms with van der Waals surface area (Å²) in [5, 5.41) is 1.84. The summed E-state index contributed by atoms with van der Waals surface area (Å²) in [6, 6.07) is 30.9. The van der Waals surface area contributed by atoms with Gasteiger partial charge in [-0.3, -0.25) is 14.5 Å². The van der Waals surface area contributed by atoms with Crippen LogP contribution in [-0.2, 0) is 11.3 Å². The van der Waals surface area contributed by atoms with Crippen LogP contribution in [0.15, 0.2) is 102 Å². The number of carbonyl (C=O) groups excluding carboxylic acids is 2. The number of rotatable bonds is 8. The molecule has 0 atom stereocenters. The molecule has 0 bridgehead atoms. The van der Waals surface area contributed by atoms with Crippen molar-refractivity contribution in [2.75, 3.05) is 13.2 Å². The first-order valence-corrected chi connectivity index (χ1v) is 12.1. The molecule has 35 heavy (non-hydrogen) atoms. The van der Waals surface area contributed by atoms with Crippen LogP contribution in [0.3, 0.4) is 0 Å². The van der Waals surface area contributed by atoms with E-state index in [-0.39, 0.29) is 17.7 Å². The number of hydrogen-bond donors (Lipinski definition) is 0. The number of imide groups is 1. The van der Waals surface area contributed by atoms with Gasteiger partial charge in [-0.05, 0) is 52.4 Å². The Kier molecular flexibility index (Phi) is 6.82. The number of ether oxygens (including phenoxy) is 2. The van der Waals surface area contributed by atoms with Crippen LogP contribution in [0.5, 0.6) is 11.5 Å². The van der Waals surface area contributed by atoms with E-state index in [0.29, 0.717) is 23.9 Å². The lowest BCUT2D eigenvalue weighted by atomic mass is 10.0. The monoisotopic (exact) mass is 481 g/mol. The van der Waals surface area contributed by atoms with Crippen LogP contribution < -0.4 is 9.47 Å². The van der Waals surface area contributed by atoms with E-state index in [4.69, 9.17) is 9.47 Å². The van der Waals surface area contributed by atoms with Gasteiger partial charge >= 0.3 is 0 Å². The van der Waals surface area contributed by atoms with Gasteiger partial charge in [0.05, 0.1) is 11.4 Å². The number of fused-ring (bicyclic) bond motifs is 1. The number of thioether (sulfide) groups is 1. The highest BCUT2D eigenvalue weighted by Gasteiger charge is 2.35. The van der Waals surface area contributed by atoms with E-state index in [9.17, 15) is 9.59 Å². The van der Waals surface area contributed by atoms with Crippen LogP contribution in [0.1, 0.15) is 11.1 Å². The lowest BCUT2D eigenvalue weighted by Gasteiger charge is -2.14. The standard InChI is InChI=1S/C29H23NO4S/c31-28-27(35-29(32)30(28)20-23-12-8-11-21-9-4-6-15-25(21)23)19-22-10-5-7-16-26(22)34-18-17-33-24-13-2-1-3-14-24/h1-16,19H,17-18,20H2/b27-19+. The second-order valence-electron chi connectivity index (χ2n) is 7.95. The topological polar surface area (TPSA) is 55.8 Å². The van der Waals surface area contributed by atoms with Gasteiger partial charge in [-0.25, -0.2) is 0 Å². The van der Waals surface area contributed by atoms with E-state index < -0.39 is 0 Å². The molecule has 174 valence electrons. The van der Waals surface area contributed by atoms with Crippen molar-refractivity contribution in [1.82, 2.24) is 4.90 Å². The molecule has 2 amide bonds. The third-order valence-corrected chi connectivity index (χ3v) is 6.55. The van der Waals surface area contributed by atoms with E-state index >= 15 is 0 Å². The summed E-state index contributed by atoms with van der Waals surface area (Å²) < 4.78 is 11.6. The van der Waals surface area contributed by atoms with Gasteiger partial charge in [0.15, 0.2) is 0 Å². The molecule has 4 aromatic carbocycles. The zero-order valence-corrected chi connectivity index (χ0v) is 19.7. The lowest BCUT2D eigenvalue weighted by Crippen LogP contribution is -2.27. The normalized spacial score (nSPS) is 14.6. The second kappa shape index (κ2) is 10.5. The molecule has 0 aliphatic carbocycles. The van der Waals surface area contributed by atoms with Gasteiger partial charge in [-0.1, -0.05) is 78.9 Å². The highest BCUT2D eigenvalue weighted by Crippen LogP contribution is 2.35. The number of amides is 2. The summed E-state index contributed by atoms with van der Waals surface area (Å²) in [5.41, 5.74) is 1.68. The van der Waals surface area contributed by atoms with E-state index in [1.54, 1.807) is 6.08 Å². The molecule has 4 aromatic rings. The van der Waals surface area contributed by atoms with Gasteiger partial charge < -0.3 is 9.47 Å². The van der Waals surface area contributed by atoms with Crippen LogP contribution in [0.4, 0.5) is 4.79 Å². The van der Waals surface area contributed by atoms with E-state index in [1.807, 2.05) is 97.1 Å². The molecule has 0 unspecified atom stereocenters. The lowest BCUT2D eigenvalue weighted by molar-refractivity contribution is -0.123. The minimum absolute atomic E-state index is 0.234. The van der Waals surface area contributed by atoms with Gasteiger partial charge in [-0.15, -0.1) is 0 Å². The molecular weight excluding hydrogens is 458 g/mol. The average Bonchev–Trinajstić information content (AvgIpc) is 3.15. The fourth-order valence-electron chi connectivity index (χ4n) is 3.94. The molecule has 1 saturated heterocycles. The molecule has 1 aliphatic rings. The summed E-state index contributed by atoms with van der Waals surface area (Å²) in [4.78, 5) is 27.6. The van der Waals surface area contributed by atoms with Crippen LogP contribution in [-0.4, -0.2) is 29.3 Å². The van der Waals surface area contributed by atoms with Crippen molar-refractivity contribution >= 4 is 39.8 Å². The first-order valence-electron chi connectivity index (χ1n) is 11.3. The fraction of sp³-hybridized carbons (Fsp3) is 0.103. The Morgan fingerprint density at radius 1 is 0.743 bits per heavy atom. The highest BCUT2D eigenvalue weighted by atomic mass is 32.2. The zero-order chi connectivity index (χ0) is 24.0. The molecule has 0 radical (unpaired) electrons. The summed E-state index contributed by atoms with van der Waals surface area (Å²) in [7, 11) is 0. The molecule has 5 rings (SSSR count). The van der Waals surface area contributed by atoms with Crippen LogP contribution in [0.25, 0.3) is 16.8 Å². The Hall–Kier alpha value is -4.03. The number of nitrogens with zero attached hydrogens (tertiary/aromatic N) is 1. The van der Waals surface area contributed by atoms with Crippen LogP contribution >= 0.6 is 11.8 Å². The smallest absolute Gasteiger partial charge is 0.293 e. The molecule has 6 heteroatoms. The highest BCUT2D eigenvalue weighted by molar-refractivity contribution is 8.18. The first kappa shape index (κ1) is 22.7. The SMILES string of the molecule is O=C1S/C(=C/c2ccccc2OCCOc2ccccc2)C(=O)N1Cc1cccc2ccccc12. The van der Waals surface area contributed by atoms with Crippen molar-refractivity contribution in [3.8, 4) is 11.5 Å². The summed E-state index contributed by atoms with van der Waals surface area (Å²) in [6.07, 6.45) is 1.72. The summed E-state index contributed by atoms with van der Waals surface area (Å²) in [5.74, 6) is 1.12. The zero-order valence-electron chi connectivity index (χ0n) is 18.9. The van der Waals surface area contributed by atoms with E-state index in [0.717, 1.165) is 39.4 Å². The second-order valence-corrected chi connectivity index (χ2v) is 8.95. The molecule has 1 heterocycles. The number of benzene rings is 4. The predicted octanol–water partition coefficient (Wildman–Crippen LogP) is 6.53. The molecule has 0 saturated carbocycles. The Balaban J connectivity index is 1.28. The Morgan fingerprint density at radius 3 is 2.34 bits per heavy atom. The van der Waals surface area contributed by atoms with E-state index in [1.165, 1.54) is 4.90 Å². The van der Waals surface area contributed by atoms with Gasteiger partial charge in [0.25, 0.3) is 11.1 Å². The van der Waals surface area contributed by atoms with Crippen molar-refractivity contribution in [2.24, 2.45) is 0 Å². The maximum Gasteiger partial charge on any atom is 0.293 e.